The smallest absolute Gasteiger partial charge is 0.271 e. The molecule has 0 radical (unpaired) electrons. The molecule has 1 saturated heterocycles. The second-order valence-electron chi connectivity index (χ2n) is 6.44. The predicted octanol–water partition coefficient (Wildman–Crippen LogP) is 2.54. The first kappa shape index (κ1) is 14.9. The molecule has 1 aliphatic rings. The SMILES string of the molecule is O=C(c1ccn[nH]1)N1CCC[C@H](Cc2nccn3cccc23)CC1. The van der Waals surface area contributed by atoms with Crippen LogP contribution in [0.25, 0.3) is 5.52 Å². The Hall–Kier alpha value is -2.63. The van der Waals surface area contributed by atoms with Gasteiger partial charge >= 0.3 is 0 Å². The maximum atomic E-state index is 12.5. The van der Waals surface area contributed by atoms with E-state index in [2.05, 4.69) is 37.9 Å². The Labute approximate surface area is 140 Å². The van der Waals surface area contributed by atoms with Crippen LogP contribution in [0.3, 0.4) is 0 Å². The maximum Gasteiger partial charge on any atom is 0.271 e. The molecule has 3 aromatic heterocycles. The minimum Gasteiger partial charge on any atom is -0.337 e. The summed E-state index contributed by atoms with van der Waals surface area (Å²) in [6.07, 6.45) is 11.7. The minimum atomic E-state index is 0.0555. The van der Waals surface area contributed by atoms with E-state index in [-0.39, 0.29) is 5.91 Å². The Bertz CT molecular complexity index is 823. The van der Waals surface area contributed by atoms with Gasteiger partial charge in [-0.2, -0.15) is 5.10 Å². The molecule has 0 aliphatic carbocycles. The van der Waals surface area contributed by atoms with Gasteiger partial charge in [0, 0.05) is 37.9 Å². The predicted molar refractivity (Wildman–Crippen MR) is 90.7 cm³/mol. The molecule has 1 amide bonds. The average Bonchev–Trinajstić information content (AvgIpc) is 3.24. The molecular weight excluding hydrogens is 302 g/mol. The second-order valence-corrected chi connectivity index (χ2v) is 6.44. The lowest BCUT2D eigenvalue weighted by Gasteiger charge is -2.19. The summed E-state index contributed by atoms with van der Waals surface area (Å²) in [7, 11) is 0. The van der Waals surface area contributed by atoms with Crippen LogP contribution < -0.4 is 0 Å². The average molecular weight is 323 g/mol. The molecule has 6 heteroatoms. The van der Waals surface area contributed by atoms with Crippen LogP contribution in [0.5, 0.6) is 0 Å². The van der Waals surface area contributed by atoms with Crippen molar-refractivity contribution in [2.24, 2.45) is 5.92 Å². The third kappa shape index (κ3) is 2.91. The van der Waals surface area contributed by atoms with Crippen LogP contribution in [-0.2, 0) is 6.42 Å². The quantitative estimate of drug-likeness (QED) is 0.805. The van der Waals surface area contributed by atoms with Crippen LogP contribution in [0.2, 0.25) is 0 Å². The molecule has 4 heterocycles. The number of hydrogen-bond acceptors (Lipinski definition) is 3. The Morgan fingerprint density at radius 3 is 3.04 bits per heavy atom. The van der Waals surface area contributed by atoms with Gasteiger partial charge in [-0.1, -0.05) is 0 Å². The van der Waals surface area contributed by atoms with E-state index in [4.69, 9.17) is 0 Å². The van der Waals surface area contributed by atoms with E-state index in [1.54, 1.807) is 12.3 Å². The van der Waals surface area contributed by atoms with E-state index in [1.807, 2.05) is 17.3 Å². The van der Waals surface area contributed by atoms with Crippen molar-refractivity contribution in [1.82, 2.24) is 24.5 Å². The number of aromatic nitrogens is 4. The van der Waals surface area contributed by atoms with Crippen molar-refractivity contribution in [2.45, 2.75) is 25.7 Å². The first-order chi connectivity index (χ1) is 11.8. The monoisotopic (exact) mass is 323 g/mol. The molecule has 0 unspecified atom stereocenters. The van der Waals surface area contributed by atoms with Crippen LogP contribution in [-0.4, -0.2) is 43.5 Å². The number of nitrogens with one attached hydrogen (secondary N) is 1. The summed E-state index contributed by atoms with van der Waals surface area (Å²) in [5.41, 5.74) is 2.92. The summed E-state index contributed by atoms with van der Waals surface area (Å²) in [5.74, 6) is 0.623. The molecule has 124 valence electrons. The highest BCUT2D eigenvalue weighted by Crippen LogP contribution is 2.23. The number of likely N-dealkylation sites (tertiary alicyclic amines) is 1. The molecule has 0 spiro atoms. The lowest BCUT2D eigenvalue weighted by atomic mass is 9.95. The van der Waals surface area contributed by atoms with Crippen molar-refractivity contribution in [3.63, 3.8) is 0 Å². The van der Waals surface area contributed by atoms with Crippen LogP contribution in [0.15, 0.2) is 43.0 Å². The van der Waals surface area contributed by atoms with E-state index in [0.717, 1.165) is 44.5 Å². The number of rotatable bonds is 3. The van der Waals surface area contributed by atoms with Crippen LogP contribution >= 0.6 is 0 Å². The normalized spacial score (nSPS) is 18.7. The fraction of sp³-hybridized carbons (Fsp3) is 0.389. The zero-order valence-electron chi connectivity index (χ0n) is 13.6. The lowest BCUT2D eigenvalue weighted by molar-refractivity contribution is 0.0754. The van der Waals surface area contributed by atoms with Gasteiger partial charge in [-0.05, 0) is 49.8 Å². The number of amides is 1. The van der Waals surface area contributed by atoms with Crippen LogP contribution in [0.1, 0.15) is 35.4 Å². The third-order valence-electron chi connectivity index (χ3n) is 4.88. The van der Waals surface area contributed by atoms with Gasteiger partial charge in [-0.15, -0.1) is 0 Å². The summed E-state index contributed by atoms with van der Waals surface area (Å²) >= 11 is 0. The van der Waals surface area contributed by atoms with Crippen molar-refractivity contribution in [2.75, 3.05) is 13.1 Å². The van der Waals surface area contributed by atoms with Gasteiger partial charge in [0.25, 0.3) is 5.91 Å². The molecule has 1 N–H and O–H groups in total. The van der Waals surface area contributed by atoms with Gasteiger partial charge < -0.3 is 9.30 Å². The van der Waals surface area contributed by atoms with Crippen LogP contribution in [0, 0.1) is 5.92 Å². The van der Waals surface area contributed by atoms with Crippen molar-refractivity contribution in [3.05, 3.63) is 54.4 Å². The zero-order valence-corrected chi connectivity index (χ0v) is 13.6. The number of nitrogens with zero attached hydrogens (tertiary/aromatic N) is 4. The molecule has 4 rings (SSSR count). The number of fused-ring (bicyclic) bond motifs is 1. The van der Waals surface area contributed by atoms with Crippen molar-refractivity contribution < 1.29 is 4.79 Å². The van der Waals surface area contributed by atoms with E-state index in [0.29, 0.717) is 11.6 Å². The summed E-state index contributed by atoms with van der Waals surface area (Å²) in [6.45, 7) is 1.61. The van der Waals surface area contributed by atoms with Crippen molar-refractivity contribution >= 4 is 11.4 Å². The van der Waals surface area contributed by atoms with Crippen molar-refractivity contribution in [3.8, 4) is 0 Å². The Kier molecular flexibility index (Phi) is 4.02. The van der Waals surface area contributed by atoms with Gasteiger partial charge in [0.15, 0.2) is 0 Å². The molecule has 1 fully saturated rings. The molecule has 3 aromatic rings. The van der Waals surface area contributed by atoms with Gasteiger partial charge in [0.2, 0.25) is 0 Å². The van der Waals surface area contributed by atoms with E-state index >= 15 is 0 Å². The van der Waals surface area contributed by atoms with Crippen LogP contribution in [0.4, 0.5) is 0 Å². The summed E-state index contributed by atoms with van der Waals surface area (Å²) in [5, 5.41) is 6.64. The van der Waals surface area contributed by atoms with Gasteiger partial charge in [-0.25, -0.2) is 0 Å². The largest absolute Gasteiger partial charge is 0.337 e. The highest BCUT2D eigenvalue weighted by Gasteiger charge is 2.23. The number of carbonyl (C=O) groups excluding carboxylic acids is 1. The molecule has 0 bridgehead atoms. The van der Waals surface area contributed by atoms with Gasteiger partial charge in [-0.3, -0.25) is 14.9 Å². The molecule has 0 aromatic carbocycles. The fourth-order valence-electron chi connectivity index (χ4n) is 3.58. The van der Waals surface area contributed by atoms with E-state index in [9.17, 15) is 4.79 Å². The zero-order chi connectivity index (χ0) is 16.4. The summed E-state index contributed by atoms with van der Waals surface area (Å²) in [4.78, 5) is 19.0. The van der Waals surface area contributed by atoms with Crippen molar-refractivity contribution in [1.29, 1.82) is 0 Å². The molecule has 1 atom stereocenters. The maximum absolute atomic E-state index is 12.5. The fourth-order valence-corrected chi connectivity index (χ4v) is 3.58. The lowest BCUT2D eigenvalue weighted by Crippen LogP contribution is -2.32. The molecule has 0 saturated carbocycles. The number of aromatic amines is 1. The third-order valence-corrected chi connectivity index (χ3v) is 4.88. The minimum absolute atomic E-state index is 0.0555. The summed E-state index contributed by atoms with van der Waals surface area (Å²) in [6, 6.07) is 5.91. The van der Waals surface area contributed by atoms with E-state index < -0.39 is 0 Å². The van der Waals surface area contributed by atoms with E-state index in [1.165, 1.54) is 5.52 Å². The topological polar surface area (TPSA) is 66.3 Å². The van der Waals surface area contributed by atoms with Gasteiger partial charge in [0.1, 0.15) is 5.69 Å². The number of carbonyl (C=O) groups is 1. The highest BCUT2D eigenvalue weighted by molar-refractivity contribution is 5.92. The Morgan fingerprint density at radius 2 is 2.17 bits per heavy atom. The molecular formula is C18H21N5O. The van der Waals surface area contributed by atoms with Gasteiger partial charge in [0.05, 0.1) is 11.2 Å². The highest BCUT2D eigenvalue weighted by atomic mass is 16.2. The Balaban J connectivity index is 1.43. The first-order valence-corrected chi connectivity index (χ1v) is 8.50. The molecule has 6 nitrogen and oxygen atoms in total. The summed E-state index contributed by atoms with van der Waals surface area (Å²) < 4.78 is 2.12. The number of hydrogen-bond donors (Lipinski definition) is 1. The number of H-pyrrole nitrogens is 1. The first-order valence-electron chi connectivity index (χ1n) is 8.50. The standard InChI is InChI=1S/C18H21N5O/c24-18(15-5-7-20-21-15)23-10-1-3-14(6-11-23)13-16-17-4-2-9-22(17)12-8-19-16/h2,4-5,7-9,12,14H,1,3,6,10-11,13H2,(H,20,21)/t14-/m0/s1. The second kappa shape index (κ2) is 6.47. The molecule has 1 aliphatic heterocycles. The molecule has 24 heavy (non-hydrogen) atoms. The Morgan fingerprint density at radius 1 is 1.21 bits per heavy atom.